The van der Waals surface area contributed by atoms with Crippen LogP contribution >= 0.6 is 22.6 Å². The Balaban J connectivity index is 2.40. The summed E-state index contributed by atoms with van der Waals surface area (Å²) in [5.74, 6) is -0.262. The Morgan fingerprint density at radius 3 is 2.71 bits per heavy atom. The molecule has 0 bridgehead atoms. The van der Waals surface area contributed by atoms with Crippen molar-refractivity contribution in [2.45, 2.75) is 6.04 Å². The fourth-order valence-corrected chi connectivity index (χ4v) is 2.61. The smallest absolute Gasteiger partial charge is 0.168 e. The van der Waals surface area contributed by atoms with Gasteiger partial charge < -0.3 is 4.57 Å². The molecule has 88 valence electrons. The normalized spacial score (nSPS) is 12.4. The molecule has 17 heavy (non-hydrogen) atoms. The molecule has 5 heteroatoms. The van der Waals surface area contributed by atoms with E-state index in [-0.39, 0.29) is 11.9 Å². The molecular weight excluding hydrogens is 334 g/mol. The lowest BCUT2D eigenvalue weighted by Crippen LogP contribution is -2.13. The van der Waals surface area contributed by atoms with Crippen molar-refractivity contribution >= 4 is 28.9 Å². The molecular formula is C12H10FIN2O. The highest BCUT2D eigenvalue weighted by Crippen LogP contribution is 2.22. The maximum atomic E-state index is 12.9. The number of hydrogen-bond donors (Lipinski definition) is 0. The van der Waals surface area contributed by atoms with E-state index in [1.807, 2.05) is 0 Å². The quantitative estimate of drug-likeness (QED) is 0.486. The molecule has 2 aromatic rings. The van der Waals surface area contributed by atoms with Crippen LogP contribution in [0.2, 0.25) is 0 Å². The Morgan fingerprint density at radius 2 is 2.12 bits per heavy atom. The Labute approximate surface area is 112 Å². The average Bonchev–Trinajstić information content (AvgIpc) is 2.81. The number of halogens is 2. The van der Waals surface area contributed by atoms with E-state index in [1.165, 1.54) is 18.3 Å². The first-order chi connectivity index (χ1) is 8.26. The molecule has 0 spiro atoms. The summed E-state index contributed by atoms with van der Waals surface area (Å²) in [6, 6.07) is 6.30. The van der Waals surface area contributed by atoms with Crippen molar-refractivity contribution in [2.24, 2.45) is 0 Å². The van der Waals surface area contributed by atoms with Gasteiger partial charge in [-0.15, -0.1) is 0 Å². The topological polar surface area (TPSA) is 34.9 Å². The number of nitrogens with zero attached hydrogens (tertiary/aromatic N) is 2. The van der Waals surface area contributed by atoms with Crippen LogP contribution in [0, 0.1) is 5.82 Å². The van der Waals surface area contributed by atoms with Crippen LogP contribution in [0.5, 0.6) is 0 Å². The van der Waals surface area contributed by atoms with Crippen molar-refractivity contribution < 1.29 is 9.18 Å². The molecule has 0 amide bonds. The predicted octanol–water partition coefficient (Wildman–Crippen LogP) is 2.86. The second kappa shape index (κ2) is 5.39. The zero-order valence-corrected chi connectivity index (χ0v) is 11.0. The molecule has 0 saturated carbocycles. The molecule has 0 aliphatic rings. The fraction of sp³-hybridized carbons (Fsp3) is 0.167. The lowest BCUT2D eigenvalue weighted by Gasteiger charge is -2.17. The molecule has 1 heterocycles. The van der Waals surface area contributed by atoms with E-state index in [4.69, 9.17) is 0 Å². The number of benzene rings is 1. The molecule has 0 unspecified atom stereocenters. The Hall–Kier alpha value is -1.24. The number of carbonyl (C=O) groups is 1. The van der Waals surface area contributed by atoms with Crippen LogP contribution < -0.4 is 0 Å². The van der Waals surface area contributed by atoms with Crippen molar-refractivity contribution in [3.8, 4) is 0 Å². The lowest BCUT2D eigenvalue weighted by molar-refractivity contribution is 0.111. The molecule has 0 aliphatic heterocycles. The Kier molecular flexibility index (Phi) is 3.88. The number of aromatic nitrogens is 2. The van der Waals surface area contributed by atoms with E-state index in [0.29, 0.717) is 5.69 Å². The van der Waals surface area contributed by atoms with Gasteiger partial charge in [-0.05, 0) is 17.7 Å². The van der Waals surface area contributed by atoms with Gasteiger partial charge in [0.25, 0.3) is 0 Å². The second-order valence-electron chi connectivity index (χ2n) is 3.57. The van der Waals surface area contributed by atoms with Gasteiger partial charge in [0.15, 0.2) is 6.29 Å². The molecule has 0 fully saturated rings. The zero-order valence-electron chi connectivity index (χ0n) is 8.88. The van der Waals surface area contributed by atoms with E-state index in [0.717, 1.165) is 16.3 Å². The van der Waals surface area contributed by atoms with Gasteiger partial charge in [-0.25, -0.2) is 9.37 Å². The van der Waals surface area contributed by atoms with Crippen LogP contribution in [0.3, 0.4) is 0 Å². The third kappa shape index (κ3) is 2.54. The predicted molar refractivity (Wildman–Crippen MR) is 71.0 cm³/mol. The van der Waals surface area contributed by atoms with E-state index in [9.17, 15) is 9.18 Å². The summed E-state index contributed by atoms with van der Waals surface area (Å²) in [5.41, 5.74) is 1.48. The largest absolute Gasteiger partial charge is 0.320 e. The van der Waals surface area contributed by atoms with Crippen molar-refractivity contribution in [1.82, 2.24) is 9.55 Å². The number of aldehydes is 1. The molecule has 0 aliphatic carbocycles. The average molecular weight is 344 g/mol. The highest BCUT2D eigenvalue weighted by atomic mass is 127. The third-order valence-corrected chi connectivity index (χ3v) is 3.39. The van der Waals surface area contributed by atoms with Crippen LogP contribution in [0.15, 0.2) is 36.8 Å². The summed E-state index contributed by atoms with van der Waals surface area (Å²) in [7, 11) is 0. The van der Waals surface area contributed by atoms with Crippen LogP contribution in [0.25, 0.3) is 0 Å². The minimum Gasteiger partial charge on any atom is -0.320 e. The molecule has 2 rings (SSSR count). The van der Waals surface area contributed by atoms with Crippen LogP contribution in [0.1, 0.15) is 22.1 Å². The van der Waals surface area contributed by atoms with E-state index in [1.54, 1.807) is 23.0 Å². The minimum absolute atomic E-state index is 0.00102. The SMILES string of the molecule is O=Cc1cncn1[C@H](CI)c1ccc(F)cc1. The summed E-state index contributed by atoms with van der Waals surface area (Å²) >= 11 is 2.24. The minimum atomic E-state index is -0.262. The van der Waals surface area contributed by atoms with Crippen LogP contribution in [-0.4, -0.2) is 20.3 Å². The van der Waals surface area contributed by atoms with Gasteiger partial charge in [-0.3, -0.25) is 4.79 Å². The van der Waals surface area contributed by atoms with Gasteiger partial charge in [0.2, 0.25) is 0 Å². The molecule has 1 aromatic heterocycles. The van der Waals surface area contributed by atoms with Crippen molar-refractivity contribution in [2.75, 3.05) is 4.43 Å². The van der Waals surface area contributed by atoms with E-state index < -0.39 is 0 Å². The summed E-state index contributed by atoms with van der Waals surface area (Å²) in [4.78, 5) is 14.8. The molecule has 3 nitrogen and oxygen atoms in total. The number of alkyl halides is 1. The first kappa shape index (κ1) is 12.2. The Bertz CT molecular complexity index is 509. The molecule has 0 saturated heterocycles. The number of hydrogen-bond acceptors (Lipinski definition) is 2. The first-order valence-corrected chi connectivity index (χ1v) is 6.57. The highest BCUT2D eigenvalue weighted by molar-refractivity contribution is 14.1. The number of rotatable bonds is 4. The first-order valence-electron chi connectivity index (χ1n) is 5.04. The van der Waals surface area contributed by atoms with Crippen LogP contribution in [-0.2, 0) is 0 Å². The van der Waals surface area contributed by atoms with Gasteiger partial charge in [0.1, 0.15) is 11.5 Å². The molecule has 1 aromatic carbocycles. The van der Waals surface area contributed by atoms with Crippen LogP contribution in [0.4, 0.5) is 4.39 Å². The third-order valence-electron chi connectivity index (χ3n) is 2.55. The Morgan fingerprint density at radius 1 is 1.41 bits per heavy atom. The van der Waals surface area contributed by atoms with Crippen molar-refractivity contribution in [3.63, 3.8) is 0 Å². The number of imidazole rings is 1. The second-order valence-corrected chi connectivity index (χ2v) is 4.45. The van der Waals surface area contributed by atoms with Gasteiger partial charge in [0.05, 0.1) is 18.6 Å². The molecule has 0 radical (unpaired) electrons. The van der Waals surface area contributed by atoms with E-state index in [2.05, 4.69) is 27.6 Å². The fourth-order valence-electron chi connectivity index (χ4n) is 1.68. The van der Waals surface area contributed by atoms with Crippen molar-refractivity contribution in [3.05, 3.63) is 53.9 Å². The molecule has 1 atom stereocenters. The van der Waals surface area contributed by atoms with E-state index >= 15 is 0 Å². The van der Waals surface area contributed by atoms with Gasteiger partial charge >= 0.3 is 0 Å². The summed E-state index contributed by atoms with van der Waals surface area (Å²) in [6.07, 6.45) is 3.92. The maximum Gasteiger partial charge on any atom is 0.168 e. The number of carbonyl (C=O) groups excluding carboxylic acids is 1. The van der Waals surface area contributed by atoms with Gasteiger partial charge in [-0.2, -0.15) is 0 Å². The van der Waals surface area contributed by atoms with Gasteiger partial charge in [0, 0.05) is 4.43 Å². The summed E-state index contributed by atoms with van der Waals surface area (Å²) < 4.78 is 15.4. The lowest BCUT2D eigenvalue weighted by atomic mass is 10.1. The highest BCUT2D eigenvalue weighted by Gasteiger charge is 2.15. The summed E-state index contributed by atoms with van der Waals surface area (Å²) in [6.45, 7) is 0. The van der Waals surface area contributed by atoms with Gasteiger partial charge in [-0.1, -0.05) is 34.7 Å². The monoisotopic (exact) mass is 344 g/mol. The maximum absolute atomic E-state index is 12.9. The van der Waals surface area contributed by atoms with Crippen molar-refractivity contribution in [1.29, 1.82) is 0 Å². The molecule has 0 N–H and O–H groups in total. The standard InChI is InChI=1S/C12H10FIN2O/c13-10-3-1-9(2-4-10)12(5-14)16-8-15-6-11(16)7-17/h1-4,6-8,12H,5H2/t12-/m1/s1. The summed E-state index contributed by atoms with van der Waals surface area (Å²) in [5, 5.41) is 0. The zero-order chi connectivity index (χ0) is 12.3.